The van der Waals surface area contributed by atoms with Gasteiger partial charge in [-0.05, 0) is 37.3 Å². The van der Waals surface area contributed by atoms with E-state index < -0.39 is 22.2 Å². The number of nitrogens with one attached hydrogen (secondary N) is 1. The molecule has 0 saturated carbocycles. The highest BCUT2D eigenvalue weighted by molar-refractivity contribution is 8.02. The number of amides is 2. The van der Waals surface area contributed by atoms with Crippen molar-refractivity contribution in [2.45, 2.75) is 11.8 Å². The Morgan fingerprint density at radius 3 is 2.57 bits per heavy atom. The maximum absolute atomic E-state index is 14.1. The molecule has 0 aliphatic carbocycles. The van der Waals surface area contributed by atoms with Crippen molar-refractivity contribution in [3.8, 4) is 5.69 Å². The molecule has 0 bridgehead atoms. The van der Waals surface area contributed by atoms with Crippen LogP contribution in [0, 0.1) is 12.7 Å². The van der Waals surface area contributed by atoms with E-state index in [9.17, 15) is 18.8 Å². The number of carbonyl (C=O) groups is 2. The lowest BCUT2D eigenvalue weighted by Gasteiger charge is -2.31. The molecule has 152 valence electrons. The summed E-state index contributed by atoms with van der Waals surface area (Å²) in [5, 5.41) is 2.73. The summed E-state index contributed by atoms with van der Waals surface area (Å²) in [6.45, 7) is 1.72. The lowest BCUT2D eigenvalue weighted by molar-refractivity contribution is -0.122. The molecule has 1 aromatic heterocycles. The number of hydrogen-bond acceptors (Lipinski definition) is 4. The Balaban J connectivity index is 1.78. The van der Waals surface area contributed by atoms with Crippen molar-refractivity contribution in [2.24, 2.45) is 7.05 Å². The molecule has 1 atom stereocenters. The highest BCUT2D eigenvalue weighted by atomic mass is 32.2. The minimum Gasteiger partial charge on any atom is -0.323 e. The summed E-state index contributed by atoms with van der Waals surface area (Å²) in [6.07, 6.45) is 0. The van der Waals surface area contributed by atoms with Gasteiger partial charge in [-0.2, -0.15) is 0 Å². The van der Waals surface area contributed by atoms with Gasteiger partial charge in [-0.1, -0.05) is 18.2 Å². The van der Waals surface area contributed by atoms with E-state index in [1.807, 2.05) is 18.2 Å². The number of rotatable bonds is 2. The highest BCUT2D eigenvalue weighted by Crippen LogP contribution is 2.53. The summed E-state index contributed by atoms with van der Waals surface area (Å²) in [7, 11) is 1.72. The van der Waals surface area contributed by atoms with Crippen LogP contribution in [0.4, 0.5) is 15.8 Å². The third-order valence-electron chi connectivity index (χ3n) is 5.62. The lowest BCUT2D eigenvalue weighted by Crippen LogP contribution is -2.49. The van der Waals surface area contributed by atoms with Gasteiger partial charge in [0, 0.05) is 18.3 Å². The molecular weight excluding hydrogens is 407 g/mol. The van der Waals surface area contributed by atoms with Crippen molar-refractivity contribution in [1.82, 2.24) is 9.36 Å². The third kappa shape index (κ3) is 2.29. The normalized spacial score (nSPS) is 20.2. The SMILES string of the molecule is Cc1c(N2C(=O)CSC23C(=O)Nc2ccc(F)cc23)c(=O)n(-c2ccccc2)n1C. The first-order valence-electron chi connectivity index (χ1n) is 9.29. The fourth-order valence-corrected chi connectivity index (χ4v) is 5.46. The van der Waals surface area contributed by atoms with Gasteiger partial charge in [-0.3, -0.25) is 24.0 Å². The van der Waals surface area contributed by atoms with Crippen molar-refractivity contribution in [3.63, 3.8) is 0 Å². The molecule has 2 aliphatic rings. The summed E-state index contributed by atoms with van der Waals surface area (Å²) in [4.78, 5) is 39.4. The Morgan fingerprint density at radius 1 is 1.10 bits per heavy atom. The summed E-state index contributed by atoms with van der Waals surface area (Å²) in [5.74, 6) is -1.36. The Bertz CT molecular complexity index is 1280. The summed E-state index contributed by atoms with van der Waals surface area (Å²) < 4.78 is 17.2. The van der Waals surface area contributed by atoms with Gasteiger partial charge in [-0.15, -0.1) is 11.8 Å². The summed E-state index contributed by atoms with van der Waals surface area (Å²) >= 11 is 1.09. The van der Waals surface area contributed by atoms with Crippen LogP contribution in [0.3, 0.4) is 0 Å². The molecule has 3 aromatic rings. The number of nitrogens with zero attached hydrogens (tertiary/aromatic N) is 3. The molecule has 1 saturated heterocycles. The fraction of sp³-hybridized carbons (Fsp3) is 0.190. The van der Waals surface area contributed by atoms with Gasteiger partial charge in [0.25, 0.3) is 11.5 Å². The van der Waals surface area contributed by atoms with Gasteiger partial charge in [0.05, 0.1) is 17.1 Å². The van der Waals surface area contributed by atoms with Crippen molar-refractivity contribution >= 4 is 35.0 Å². The average molecular weight is 424 g/mol. The van der Waals surface area contributed by atoms with Crippen LogP contribution in [-0.2, 0) is 21.5 Å². The molecule has 1 fully saturated rings. The quantitative estimate of drug-likeness (QED) is 0.686. The monoisotopic (exact) mass is 424 g/mol. The lowest BCUT2D eigenvalue weighted by atomic mass is 10.0. The third-order valence-corrected chi connectivity index (χ3v) is 7.02. The van der Waals surface area contributed by atoms with E-state index in [0.717, 1.165) is 11.8 Å². The number of anilines is 2. The molecule has 9 heteroatoms. The van der Waals surface area contributed by atoms with Crippen LogP contribution in [0.1, 0.15) is 11.3 Å². The number of aromatic nitrogens is 2. The number of para-hydroxylation sites is 1. The maximum Gasteiger partial charge on any atom is 0.295 e. The van der Waals surface area contributed by atoms with Crippen LogP contribution in [0.25, 0.3) is 5.69 Å². The second-order valence-electron chi connectivity index (χ2n) is 7.22. The Morgan fingerprint density at radius 2 is 1.83 bits per heavy atom. The number of thioether (sulfide) groups is 1. The maximum atomic E-state index is 14.1. The number of fused-ring (bicyclic) bond motifs is 2. The van der Waals surface area contributed by atoms with E-state index in [1.165, 1.54) is 27.8 Å². The Labute approximate surface area is 175 Å². The van der Waals surface area contributed by atoms with Crippen molar-refractivity contribution in [2.75, 3.05) is 16.0 Å². The van der Waals surface area contributed by atoms with E-state index in [1.54, 1.807) is 30.8 Å². The van der Waals surface area contributed by atoms with Crippen LogP contribution >= 0.6 is 11.8 Å². The Kier molecular flexibility index (Phi) is 3.94. The largest absolute Gasteiger partial charge is 0.323 e. The Hall–Kier alpha value is -3.33. The van der Waals surface area contributed by atoms with E-state index >= 15 is 0 Å². The molecule has 2 aromatic carbocycles. The van der Waals surface area contributed by atoms with Gasteiger partial charge < -0.3 is 5.32 Å². The second kappa shape index (κ2) is 6.33. The van der Waals surface area contributed by atoms with Crippen LogP contribution in [0.5, 0.6) is 0 Å². The van der Waals surface area contributed by atoms with E-state index in [4.69, 9.17) is 0 Å². The first-order chi connectivity index (χ1) is 14.4. The minimum absolute atomic E-state index is 0.00246. The molecule has 2 aliphatic heterocycles. The van der Waals surface area contributed by atoms with Crippen LogP contribution in [-0.4, -0.2) is 26.9 Å². The van der Waals surface area contributed by atoms with E-state index in [2.05, 4.69) is 5.32 Å². The fourth-order valence-electron chi connectivity index (χ4n) is 4.17. The van der Waals surface area contributed by atoms with Gasteiger partial charge in [0.1, 0.15) is 11.5 Å². The first-order valence-corrected chi connectivity index (χ1v) is 10.3. The molecule has 1 unspecified atom stereocenters. The number of hydrogen-bond donors (Lipinski definition) is 1. The van der Waals surface area contributed by atoms with Gasteiger partial charge in [-0.25, -0.2) is 9.07 Å². The van der Waals surface area contributed by atoms with Gasteiger partial charge >= 0.3 is 0 Å². The number of halogens is 1. The highest BCUT2D eigenvalue weighted by Gasteiger charge is 2.59. The predicted octanol–water partition coefficient (Wildman–Crippen LogP) is 2.51. The molecule has 30 heavy (non-hydrogen) atoms. The van der Waals surface area contributed by atoms with Crippen molar-refractivity contribution in [3.05, 3.63) is 76.0 Å². The topological polar surface area (TPSA) is 76.3 Å². The standard InChI is InChI=1S/C21H17FN4O3S/c1-12-18(19(28)26(24(12)2)14-6-4-3-5-7-14)25-17(27)11-30-21(25)15-10-13(22)8-9-16(15)23-20(21)29/h3-10H,11H2,1-2H3,(H,23,29). The zero-order valence-electron chi connectivity index (χ0n) is 16.2. The zero-order valence-corrected chi connectivity index (χ0v) is 17.0. The van der Waals surface area contributed by atoms with E-state index in [0.29, 0.717) is 22.6 Å². The molecule has 5 rings (SSSR count). The summed E-state index contributed by atoms with van der Waals surface area (Å²) in [6, 6.07) is 13.0. The zero-order chi connectivity index (χ0) is 21.2. The molecule has 0 radical (unpaired) electrons. The van der Waals surface area contributed by atoms with Crippen LogP contribution in [0.2, 0.25) is 0 Å². The molecule has 7 nitrogen and oxygen atoms in total. The van der Waals surface area contributed by atoms with Crippen molar-refractivity contribution in [1.29, 1.82) is 0 Å². The first kappa shape index (κ1) is 18.7. The van der Waals surface area contributed by atoms with Crippen LogP contribution in [0.15, 0.2) is 53.3 Å². The predicted molar refractivity (Wildman–Crippen MR) is 112 cm³/mol. The smallest absolute Gasteiger partial charge is 0.295 e. The summed E-state index contributed by atoms with van der Waals surface area (Å²) in [5.41, 5.74) is 1.63. The molecule has 2 amide bonds. The molecular formula is C21H17FN4O3S. The molecule has 1 N–H and O–H groups in total. The molecule has 3 heterocycles. The van der Waals surface area contributed by atoms with Crippen molar-refractivity contribution < 1.29 is 14.0 Å². The number of benzene rings is 2. The second-order valence-corrected chi connectivity index (χ2v) is 8.38. The number of carbonyl (C=O) groups excluding carboxylic acids is 2. The molecule has 1 spiro atoms. The van der Waals surface area contributed by atoms with Gasteiger partial charge in [0.15, 0.2) is 0 Å². The van der Waals surface area contributed by atoms with Gasteiger partial charge in [0.2, 0.25) is 10.8 Å². The average Bonchev–Trinajstić information content (AvgIpc) is 3.29. The van der Waals surface area contributed by atoms with E-state index in [-0.39, 0.29) is 17.3 Å². The van der Waals surface area contributed by atoms with Crippen LogP contribution < -0.4 is 15.8 Å². The minimum atomic E-state index is -1.52.